The molecule has 1 atom stereocenters. The van der Waals surface area contributed by atoms with Crippen LogP contribution in [-0.2, 0) is 4.79 Å². The fourth-order valence-corrected chi connectivity index (χ4v) is 2.48. The summed E-state index contributed by atoms with van der Waals surface area (Å²) in [7, 11) is 0. The summed E-state index contributed by atoms with van der Waals surface area (Å²) in [5.41, 5.74) is 6.82. The topological polar surface area (TPSA) is 63.3 Å². The lowest BCUT2D eigenvalue weighted by Gasteiger charge is -2.08. The van der Waals surface area contributed by atoms with Gasteiger partial charge >= 0.3 is 5.97 Å². The molecule has 1 rings (SSSR count). The quantitative estimate of drug-likeness (QED) is 0.840. The molecule has 5 heteroatoms. The van der Waals surface area contributed by atoms with Crippen LogP contribution in [0.25, 0.3) is 0 Å². The van der Waals surface area contributed by atoms with Crippen molar-refractivity contribution in [3.05, 3.63) is 20.8 Å². The van der Waals surface area contributed by atoms with Crippen LogP contribution in [0.4, 0.5) is 0 Å². The van der Waals surface area contributed by atoms with Crippen molar-refractivity contribution in [2.24, 2.45) is 5.73 Å². The molecule has 78 valence electrons. The first-order valence-electron chi connectivity index (χ1n) is 4.23. The molecule has 1 unspecified atom stereocenters. The van der Waals surface area contributed by atoms with Crippen molar-refractivity contribution in [2.45, 2.75) is 25.8 Å². The lowest BCUT2D eigenvalue weighted by molar-refractivity contribution is -0.137. The van der Waals surface area contributed by atoms with Crippen molar-refractivity contribution in [3.63, 3.8) is 0 Å². The highest BCUT2D eigenvalue weighted by Crippen LogP contribution is 2.32. The number of aryl methyl sites for hydroxylation is 1. The van der Waals surface area contributed by atoms with Gasteiger partial charge in [-0.15, -0.1) is 11.3 Å². The third-order valence-corrected chi connectivity index (χ3v) is 3.78. The second-order valence-corrected chi connectivity index (χ2v) is 4.43. The van der Waals surface area contributed by atoms with E-state index in [1.807, 2.05) is 12.3 Å². The van der Waals surface area contributed by atoms with Crippen molar-refractivity contribution >= 4 is 28.9 Å². The van der Waals surface area contributed by atoms with Gasteiger partial charge in [0.1, 0.15) is 0 Å². The summed E-state index contributed by atoms with van der Waals surface area (Å²) in [5.74, 6) is -0.829. The Bertz CT molecular complexity index is 338. The lowest BCUT2D eigenvalue weighted by atomic mass is 10.1. The maximum absolute atomic E-state index is 10.3. The van der Waals surface area contributed by atoms with Gasteiger partial charge in [0.2, 0.25) is 0 Å². The predicted octanol–water partition coefficient (Wildman–Crippen LogP) is 2.57. The van der Waals surface area contributed by atoms with Gasteiger partial charge in [0.05, 0.1) is 5.02 Å². The molecule has 0 aliphatic heterocycles. The number of carboxylic acids is 1. The molecular weight excluding hydrogens is 222 g/mol. The number of nitrogens with two attached hydrogens (primary N) is 1. The van der Waals surface area contributed by atoms with Crippen molar-refractivity contribution < 1.29 is 9.90 Å². The summed E-state index contributed by atoms with van der Waals surface area (Å²) in [6.45, 7) is 1.91. The number of hydrogen-bond acceptors (Lipinski definition) is 3. The van der Waals surface area contributed by atoms with Gasteiger partial charge in [-0.1, -0.05) is 11.6 Å². The van der Waals surface area contributed by atoms with Crippen LogP contribution < -0.4 is 5.73 Å². The number of halogens is 1. The Kier molecular flexibility index (Phi) is 3.92. The van der Waals surface area contributed by atoms with Gasteiger partial charge < -0.3 is 10.8 Å². The Morgan fingerprint density at radius 1 is 1.79 bits per heavy atom. The molecule has 1 aromatic rings. The van der Waals surface area contributed by atoms with E-state index in [1.165, 1.54) is 11.3 Å². The molecule has 14 heavy (non-hydrogen) atoms. The summed E-state index contributed by atoms with van der Waals surface area (Å²) in [5, 5.41) is 11.1. The Hall–Kier alpha value is -0.580. The van der Waals surface area contributed by atoms with Crippen LogP contribution in [0.5, 0.6) is 0 Å². The Labute approximate surface area is 91.5 Å². The van der Waals surface area contributed by atoms with Crippen LogP contribution in [-0.4, -0.2) is 11.1 Å². The number of rotatable bonds is 4. The number of thiophene rings is 1. The van der Waals surface area contributed by atoms with Crippen LogP contribution in [0.15, 0.2) is 5.38 Å². The first-order chi connectivity index (χ1) is 6.52. The Morgan fingerprint density at radius 2 is 2.43 bits per heavy atom. The van der Waals surface area contributed by atoms with E-state index < -0.39 is 5.97 Å². The molecule has 1 aromatic heterocycles. The molecule has 0 saturated carbocycles. The summed E-state index contributed by atoms with van der Waals surface area (Å²) >= 11 is 7.49. The predicted molar refractivity (Wildman–Crippen MR) is 57.9 cm³/mol. The van der Waals surface area contributed by atoms with E-state index in [4.69, 9.17) is 22.4 Å². The molecule has 3 nitrogen and oxygen atoms in total. The van der Waals surface area contributed by atoms with E-state index in [-0.39, 0.29) is 12.5 Å². The zero-order valence-corrected chi connectivity index (χ0v) is 9.36. The van der Waals surface area contributed by atoms with Gasteiger partial charge in [-0.3, -0.25) is 4.79 Å². The first-order valence-corrected chi connectivity index (χ1v) is 5.49. The maximum atomic E-state index is 10.3. The number of carbonyl (C=O) groups is 1. The lowest BCUT2D eigenvalue weighted by Crippen LogP contribution is -2.11. The van der Waals surface area contributed by atoms with Crippen molar-refractivity contribution in [3.8, 4) is 0 Å². The smallest absolute Gasteiger partial charge is 0.303 e. The molecule has 0 radical (unpaired) electrons. The average Bonchev–Trinajstić information content (AvgIpc) is 2.44. The highest BCUT2D eigenvalue weighted by molar-refractivity contribution is 7.10. The minimum absolute atomic E-state index is 0.0778. The molecular formula is C9H12ClNO2S. The zero-order chi connectivity index (χ0) is 10.7. The molecule has 0 aliphatic rings. The zero-order valence-electron chi connectivity index (χ0n) is 7.79. The third kappa shape index (κ3) is 2.70. The van der Waals surface area contributed by atoms with Crippen LogP contribution in [0.2, 0.25) is 5.02 Å². The van der Waals surface area contributed by atoms with E-state index in [0.29, 0.717) is 11.4 Å². The number of aliphatic carboxylic acids is 1. The normalized spacial score (nSPS) is 12.8. The van der Waals surface area contributed by atoms with Gasteiger partial charge in [0, 0.05) is 17.3 Å². The molecule has 0 aromatic carbocycles. The number of hydrogen-bond donors (Lipinski definition) is 2. The van der Waals surface area contributed by atoms with Crippen LogP contribution in [0.3, 0.4) is 0 Å². The van der Waals surface area contributed by atoms with Gasteiger partial charge in [-0.2, -0.15) is 0 Å². The van der Waals surface area contributed by atoms with Crippen molar-refractivity contribution in [1.29, 1.82) is 0 Å². The Balaban J connectivity index is 2.65. The van der Waals surface area contributed by atoms with E-state index in [2.05, 4.69) is 0 Å². The molecule has 0 fully saturated rings. The van der Waals surface area contributed by atoms with Crippen molar-refractivity contribution in [2.75, 3.05) is 0 Å². The molecule has 0 saturated heterocycles. The molecule has 0 amide bonds. The minimum atomic E-state index is -0.829. The molecule has 0 aliphatic carbocycles. The molecule has 0 bridgehead atoms. The van der Waals surface area contributed by atoms with E-state index in [1.54, 1.807) is 0 Å². The molecule has 3 N–H and O–H groups in total. The molecule has 1 heterocycles. The third-order valence-electron chi connectivity index (χ3n) is 1.93. The highest BCUT2D eigenvalue weighted by atomic mass is 35.5. The second kappa shape index (κ2) is 4.77. The van der Waals surface area contributed by atoms with Gasteiger partial charge in [0.15, 0.2) is 0 Å². The maximum Gasteiger partial charge on any atom is 0.303 e. The summed E-state index contributed by atoms with van der Waals surface area (Å²) in [4.78, 5) is 11.2. The summed E-state index contributed by atoms with van der Waals surface area (Å²) in [6.07, 6.45) is 0.503. The SMILES string of the molecule is Cc1csc(C(N)CCC(=O)O)c1Cl. The summed E-state index contributed by atoms with van der Waals surface area (Å²) in [6, 6.07) is -0.266. The molecule has 0 spiro atoms. The monoisotopic (exact) mass is 233 g/mol. The van der Waals surface area contributed by atoms with Gasteiger partial charge in [-0.25, -0.2) is 0 Å². The van der Waals surface area contributed by atoms with Gasteiger partial charge in [0.25, 0.3) is 0 Å². The van der Waals surface area contributed by atoms with Crippen LogP contribution >= 0.6 is 22.9 Å². The van der Waals surface area contributed by atoms with Crippen molar-refractivity contribution in [1.82, 2.24) is 0 Å². The fraction of sp³-hybridized carbons (Fsp3) is 0.444. The number of carboxylic acid groups (broad SMARTS) is 1. The highest BCUT2D eigenvalue weighted by Gasteiger charge is 2.14. The van der Waals surface area contributed by atoms with E-state index in [0.717, 1.165) is 10.4 Å². The summed E-state index contributed by atoms with van der Waals surface area (Å²) < 4.78 is 0. The van der Waals surface area contributed by atoms with E-state index >= 15 is 0 Å². The fourth-order valence-electron chi connectivity index (χ4n) is 1.11. The Morgan fingerprint density at radius 3 is 2.86 bits per heavy atom. The minimum Gasteiger partial charge on any atom is -0.481 e. The van der Waals surface area contributed by atoms with Crippen LogP contribution in [0, 0.1) is 6.92 Å². The average molecular weight is 234 g/mol. The second-order valence-electron chi connectivity index (χ2n) is 3.14. The van der Waals surface area contributed by atoms with Gasteiger partial charge in [-0.05, 0) is 24.3 Å². The van der Waals surface area contributed by atoms with Crippen LogP contribution in [0.1, 0.15) is 29.3 Å². The largest absolute Gasteiger partial charge is 0.481 e. The van der Waals surface area contributed by atoms with E-state index in [9.17, 15) is 4.79 Å². The standard InChI is InChI=1S/C9H12ClNO2S/c1-5-4-14-9(8(5)10)6(11)2-3-7(12)13/h4,6H,2-3,11H2,1H3,(H,12,13). The first kappa shape index (κ1) is 11.5.